The molecule has 7 nitrogen and oxygen atoms in total. The smallest absolute Gasteiger partial charge is 0.166 e. The number of aryl methyl sites for hydroxylation is 1. The van der Waals surface area contributed by atoms with Crippen LogP contribution in [0.2, 0.25) is 0 Å². The molecule has 3 aromatic rings. The second kappa shape index (κ2) is 5.92. The molecule has 0 unspecified atom stereocenters. The van der Waals surface area contributed by atoms with E-state index in [1.165, 1.54) is 12.1 Å². The lowest BCUT2D eigenvalue weighted by molar-refractivity contribution is 0.598. The van der Waals surface area contributed by atoms with Gasteiger partial charge in [-0.05, 0) is 25.1 Å². The van der Waals surface area contributed by atoms with Crippen molar-refractivity contribution in [2.24, 2.45) is 0 Å². The van der Waals surface area contributed by atoms with Crippen LogP contribution in [0.25, 0.3) is 17.1 Å². The average molecular weight is 384 g/mol. The first-order chi connectivity index (χ1) is 11.3. The van der Waals surface area contributed by atoms with Gasteiger partial charge in [-0.1, -0.05) is 0 Å². The summed E-state index contributed by atoms with van der Waals surface area (Å²) in [6, 6.07) is 4.42. The monoisotopic (exact) mass is 383 g/mol. The summed E-state index contributed by atoms with van der Waals surface area (Å²) in [4.78, 5) is 8.66. The van der Waals surface area contributed by atoms with Crippen LogP contribution < -0.4 is 0 Å². The number of sulfone groups is 1. The Kier molecular flexibility index (Phi) is 4.16. The molecular weight excluding hydrogens is 369 g/mol. The zero-order valence-corrected chi connectivity index (χ0v) is 15.1. The van der Waals surface area contributed by atoms with Gasteiger partial charge in [-0.2, -0.15) is 5.10 Å². The Labute approximate surface area is 149 Å². The number of rotatable bonds is 2. The number of hydrogen-bond acceptors (Lipinski definition) is 5. The second-order valence-corrected chi connectivity index (χ2v) is 8.03. The minimum absolute atomic E-state index is 0. The molecule has 0 radical (unpaired) electrons. The molecule has 0 atom stereocenters. The van der Waals surface area contributed by atoms with Crippen LogP contribution in [0.4, 0.5) is 4.39 Å². The SMILES string of the molecule is Cc1ncn2c1Cn1nc(CS(C)(=O)=O)nc1-c1cc(F)ccc1-2.Cl. The van der Waals surface area contributed by atoms with Crippen molar-refractivity contribution < 1.29 is 12.8 Å². The Bertz CT molecular complexity index is 1070. The molecule has 0 aliphatic carbocycles. The standard InChI is InChI=1S/C15H14FN5O2S.ClH/c1-9-13-6-21-15(18-14(19-21)7-24(2,22)23)11-5-10(16)3-4-12(11)20(13)8-17-9;/h3-5,8H,6-7H2,1-2H3;1H. The molecule has 0 bridgehead atoms. The largest absolute Gasteiger partial charge is 0.300 e. The van der Waals surface area contributed by atoms with E-state index in [1.54, 1.807) is 17.1 Å². The summed E-state index contributed by atoms with van der Waals surface area (Å²) in [6.07, 6.45) is 2.82. The van der Waals surface area contributed by atoms with Crippen LogP contribution in [0.15, 0.2) is 24.5 Å². The molecule has 0 saturated carbocycles. The van der Waals surface area contributed by atoms with Crippen LogP contribution >= 0.6 is 12.4 Å². The highest BCUT2D eigenvalue weighted by molar-refractivity contribution is 7.89. The summed E-state index contributed by atoms with van der Waals surface area (Å²) in [5.41, 5.74) is 3.03. The molecule has 3 heterocycles. The van der Waals surface area contributed by atoms with E-state index in [-0.39, 0.29) is 24.0 Å². The molecule has 0 amide bonds. The Morgan fingerprint density at radius 2 is 2.08 bits per heavy atom. The van der Waals surface area contributed by atoms with Crippen LogP contribution in [0.3, 0.4) is 0 Å². The fourth-order valence-corrected chi connectivity index (χ4v) is 3.49. The van der Waals surface area contributed by atoms with Gasteiger partial charge in [0.05, 0.1) is 29.9 Å². The van der Waals surface area contributed by atoms with E-state index in [9.17, 15) is 12.8 Å². The summed E-state index contributed by atoms with van der Waals surface area (Å²) in [7, 11) is -3.26. The molecule has 1 aromatic carbocycles. The van der Waals surface area contributed by atoms with Gasteiger partial charge in [-0.15, -0.1) is 12.4 Å². The zero-order chi connectivity index (χ0) is 17.1. The number of benzene rings is 1. The molecule has 1 aliphatic heterocycles. The van der Waals surface area contributed by atoms with Gasteiger partial charge in [0.2, 0.25) is 0 Å². The zero-order valence-electron chi connectivity index (χ0n) is 13.5. The van der Waals surface area contributed by atoms with Gasteiger partial charge in [-0.3, -0.25) is 0 Å². The Hall–Kier alpha value is -2.26. The minimum Gasteiger partial charge on any atom is -0.300 e. The highest BCUT2D eigenvalue weighted by Gasteiger charge is 2.25. The average Bonchev–Trinajstić information content (AvgIpc) is 2.99. The summed E-state index contributed by atoms with van der Waals surface area (Å²) < 4.78 is 40.3. The third kappa shape index (κ3) is 3.05. The number of halogens is 2. The first kappa shape index (κ1) is 17.6. The molecule has 0 fully saturated rings. The van der Waals surface area contributed by atoms with Gasteiger partial charge >= 0.3 is 0 Å². The Morgan fingerprint density at radius 1 is 1.32 bits per heavy atom. The van der Waals surface area contributed by atoms with Crippen LogP contribution in [-0.2, 0) is 22.1 Å². The Balaban J connectivity index is 0.00000182. The van der Waals surface area contributed by atoms with Crippen molar-refractivity contribution in [3.8, 4) is 17.1 Å². The topological polar surface area (TPSA) is 82.7 Å². The summed E-state index contributed by atoms with van der Waals surface area (Å²) in [6.45, 7) is 2.27. The van der Waals surface area contributed by atoms with E-state index in [4.69, 9.17) is 0 Å². The van der Waals surface area contributed by atoms with Crippen LogP contribution in [0, 0.1) is 12.7 Å². The predicted octanol–water partition coefficient (Wildman–Crippen LogP) is 1.91. The second-order valence-electron chi connectivity index (χ2n) is 5.89. The van der Waals surface area contributed by atoms with Gasteiger partial charge in [0.15, 0.2) is 21.5 Å². The van der Waals surface area contributed by atoms with Crippen molar-refractivity contribution in [3.63, 3.8) is 0 Å². The maximum absolute atomic E-state index is 13.8. The predicted molar refractivity (Wildman–Crippen MR) is 92.2 cm³/mol. The molecule has 1 aliphatic rings. The molecule has 0 spiro atoms. The normalized spacial score (nSPS) is 12.6. The number of imidazole rings is 1. The third-order valence-electron chi connectivity index (χ3n) is 3.94. The van der Waals surface area contributed by atoms with Gasteiger partial charge in [0, 0.05) is 11.8 Å². The highest BCUT2D eigenvalue weighted by Crippen LogP contribution is 2.32. The minimum atomic E-state index is -3.26. The van der Waals surface area contributed by atoms with Gasteiger partial charge in [-0.25, -0.2) is 27.5 Å². The lowest BCUT2D eigenvalue weighted by Crippen LogP contribution is -2.07. The Morgan fingerprint density at radius 3 is 2.80 bits per heavy atom. The molecule has 2 aromatic heterocycles. The van der Waals surface area contributed by atoms with Crippen molar-refractivity contribution in [1.29, 1.82) is 0 Å². The quantitative estimate of drug-likeness (QED) is 0.528. The highest BCUT2D eigenvalue weighted by atomic mass is 35.5. The van der Waals surface area contributed by atoms with Crippen molar-refractivity contribution in [1.82, 2.24) is 24.3 Å². The third-order valence-corrected chi connectivity index (χ3v) is 4.72. The van der Waals surface area contributed by atoms with Gasteiger partial charge in [0.25, 0.3) is 0 Å². The number of aromatic nitrogens is 5. The molecule has 4 rings (SSSR count). The van der Waals surface area contributed by atoms with Crippen molar-refractivity contribution >= 4 is 22.2 Å². The first-order valence-corrected chi connectivity index (χ1v) is 9.32. The van der Waals surface area contributed by atoms with Crippen molar-refractivity contribution in [2.75, 3.05) is 6.26 Å². The van der Waals surface area contributed by atoms with E-state index in [1.807, 2.05) is 11.5 Å². The maximum atomic E-state index is 13.8. The van der Waals surface area contributed by atoms with Crippen molar-refractivity contribution in [3.05, 3.63) is 47.6 Å². The summed E-state index contributed by atoms with van der Waals surface area (Å²) in [5.74, 6) is 0.00318. The molecule has 25 heavy (non-hydrogen) atoms. The van der Waals surface area contributed by atoms with Gasteiger partial charge < -0.3 is 4.57 Å². The van der Waals surface area contributed by atoms with E-state index in [2.05, 4.69) is 15.1 Å². The van der Waals surface area contributed by atoms with E-state index in [0.29, 0.717) is 17.9 Å². The maximum Gasteiger partial charge on any atom is 0.166 e. The van der Waals surface area contributed by atoms with Crippen LogP contribution in [0.1, 0.15) is 17.2 Å². The molecule has 132 valence electrons. The van der Waals surface area contributed by atoms with E-state index in [0.717, 1.165) is 23.3 Å². The van der Waals surface area contributed by atoms with Crippen LogP contribution in [-0.4, -0.2) is 39.0 Å². The van der Waals surface area contributed by atoms with E-state index < -0.39 is 15.7 Å². The number of nitrogens with zero attached hydrogens (tertiary/aromatic N) is 5. The molecule has 0 saturated heterocycles. The summed E-state index contributed by atoms with van der Waals surface area (Å²) >= 11 is 0. The van der Waals surface area contributed by atoms with Crippen LogP contribution in [0.5, 0.6) is 0 Å². The number of hydrogen-bond donors (Lipinski definition) is 0. The molecular formula is C15H15ClFN5O2S. The molecule has 10 heteroatoms. The lowest BCUT2D eigenvalue weighted by atomic mass is 10.1. The first-order valence-electron chi connectivity index (χ1n) is 7.26. The fraction of sp³-hybridized carbons (Fsp3) is 0.267. The molecule has 0 N–H and O–H groups in total. The lowest BCUT2D eigenvalue weighted by Gasteiger charge is -2.08. The van der Waals surface area contributed by atoms with Crippen molar-refractivity contribution in [2.45, 2.75) is 19.2 Å². The summed E-state index contributed by atoms with van der Waals surface area (Å²) in [5, 5.41) is 4.31. The van der Waals surface area contributed by atoms with Gasteiger partial charge in [0.1, 0.15) is 11.6 Å². The fourth-order valence-electron chi connectivity index (χ4n) is 2.89. The van der Waals surface area contributed by atoms with E-state index >= 15 is 0 Å². The number of fused-ring (bicyclic) bond motifs is 5.